The van der Waals surface area contributed by atoms with Crippen molar-refractivity contribution in [3.8, 4) is 0 Å². The van der Waals surface area contributed by atoms with Gasteiger partial charge in [-0.05, 0) is 0 Å². The summed E-state index contributed by atoms with van der Waals surface area (Å²) in [6, 6.07) is 0. The number of aromatic nitrogens is 2. The van der Waals surface area contributed by atoms with Crippen molar-refractivity contribution in [2.75, 3.05) is 0 Å². The molecule has 1 aliphatic rings. The number of rotatable bonds is 0. The van der Waals surface area contributed by atoms with E-state index in [0.29, 0.717) is 5.69 Å². The van der Waals surface area contributed by atoms with Gasteiger partial charge in [-0.15, -0.1) is 0 Å². The van der Waals surface area contributed by atoms with Crippen LogP contribution in [0.5, 0.6) is 0 Å². The normalized spacial score (nSPS) is 34.8. The summed E-state index contributed by atoms with van der Waals surface area (Å²) in [6.07, 6.45) is -0.0416. The van der Waals surface area contributed by atoms with Crippen molar-refractivity contribution in [2.45, 2.75) is 24.9 Å². The number of imidazole rings is 1. The van der Waals surface area contributed by atoms with Gasteiger partial charge >= 0.3 is 0 Å². The molecule has 0 saturated heterocycles. The summed E-state index contributed by atoms with van der Waals surface area (Å²) in [5, 5.41) is 27.9. The molecule has 1 aliphatic heterocycles. The number of aliphatic hydroxyl groups excluding tert-OH is 3. The quantitative estimate of drug-likeness (QED) is 0.450. The highest BCUT2D eigenvalue weighted by molar-refractivity contribution is 5.09. The lowest BCUT2D eigenvalue weighted by molar-refractivity contribution is -0.0834. The molecule has 1 aromatic heterocycles. The first-order chi connectivity index (χ1) is 5.70. The van der Waals surface area contributed by atoms with Gasteiger partial charge < -0.3 is 19.9 Å². The van der Waals surface area contributed by atoms with Gasteiger partial charge in [0.2, 0.25) is 0 Å². The molecule has 5 heteroatoms. The highest BCUT2D eigenvalue weighted by Gasteiger charge is 2.33. The third-order valence-corrected chi connectivity index (χ3v) is 2.15. The zero-order valence-electron chi connectivity index (χ0n) is 6.33. The molecule has 0 saturated carbocycles. The van der Waals surface area contributed by atoms with Crippen LogP contribution in [0.4, 0.5) is 0 Å². The zero-order valence-corrected chi connectivity index (χ0v) is 6.33. The van der Waals surface area contributed by atoms with Crippen LogP contribution in [-0.4, -0.2) is 37.1 Å². The van der Waals surface area contributed by atoms with E-state index < -0.39 is 18.3 Å². The molecule has 3 N–H and O–H groups in total. The van der Waals surface area contributed by atoms with Crippen LogP contribution in [0.2, 0.25) is 0 Å². The predicted octanol–water partition coefficient (Wildman–Crippen LogP) is -1.35. The van der Waals surface area contributed by atoms with E-state index in [1.165, 1.54) is 12.5 Å². The van der Waals surface area contributed by atoms with Crippen molar-refractivity contribution >= 4 is 0 Å². The number of aliphatic hydroxyl groups is 3. The Morgan fingerprint density at radius 1 is 1.42 bits per heavy atom. The monoisotopic (exact) mass is 170 g/mol. The first-order valence-corrected chi connectivity index (χ1v) is 3.74. The topological polar surface area (TPSA) is 78.5 Å². The predicted molar refractivity (Wildman–Crippen MR) is 39.2 cm³/mol. The van der Waals surface area contributed by atoms with Crippen LogP contribution in [0.15, 0.2) is 12.5 Å². The molecule has 66 valence electrons. The molecule has 0 fully saturated rings. The molecule has 0 unspecified atom stereocenters. The molecule has 0 spiro atoms. The summed E-state index contributed by atoms with van der Waals surface area (Å²) in [5.74, 6) is 0. The second kappa shape index (κ2) is 2.55. The highest BCUT2D eigenvalue weighted by atomic mass is 16.4. The van der Waals surface area contributed by atoms with Crippen molar-refractivity contribution in [2.24, 2.45) is 0 Å². The van der Waals surface area contributed by atoms with Crippen molar-refractivity contribution in [1.82, 2.24) is 9.55 Å². The molecular weight excluding hydrogens is 160 g/mol. The lowest BCUT2D eigenvalue weighted by Gasteiger charge is -2.29. The third-order valence-electron chi connectivity index (χ3n) is 2.15. The average molecular weight is 170 g/mol. The zero-order chi connectivity index (χ0) is 8.72. The van der Waals surface area contributed by atoms with Gasteiger partial charge in [-0.25, -0.2) is 4.98 Å². The number of hydrogen-bond donors (Lipinski definition) is 3. The van der Waals surface area contributed by atoms with Gasteiger partial charge in [0.05, 0.1) is 24.8 Å². The first kappa shape index (κ1) is 7.72. The Bertz CT molecular complexity index is 286. The van der Waals surface area contributed by atoms with Gasteiger partial charge in [0.25, 0.3) is 0 Å². The minimum Gasteiger partial charge on any atom is -0.388 e. The Hall–Kier alpha value is -0.910. The fourth-order valence-corrected chi connectivity index (χ4v) is 1.42. The van der Waals surface area contributed by atoms with E-state index in [1.807, 2.05) is 0 Å². The van der Waals surface area contributed by atoms with Gasteiger partial charge in [-0.1, -0.05) is 0 Å². The van der Waals surface area contributed by atoms with Crippen molar-refractivity contribution in [3.05, 3.63) is 18.2 Å². The van der Waals surface area contributed by atoms with Gasteiger partial charge in [-0.2, -0.15) is 0 Å². The maximum atomic E-state index is 9.42. The molecule has 2 rings (SSSR count). The van der Waals surface area contributed by atoms with Crippen molar-refractivity contribution in [1.29, 1.82) is 0 Å². The SMILES string of the molecule is O[C@@H]1[C@H](O)Cn2cncc2[C@H]1O. The van der Waals surface area contributed by atoms with Crippen LogP contribution in [0.1, 0.15) is 11.8 Å². The third kappa shape index (κ3) is 0.945. The summed E-state index contributed by atoms with van der Waals surface area (Å²) < 4.78 is 1.63. The average Bonchev–Trinajstić information content (AvgIpc) is 2.48. The highest BCUT2D eigenvalue weighted by Crippen LogP contribution is 2.24. The van der Waals surface area contributed by atoms with E-state index >= 15 is 0 Å². The summed E-state index contributed by atoms with van der Waals surface area (Å²) in [4.78, 5) is 3.80. The number of fused-ring (bicyclic) bond motifs is 1. The molecule has 0 bridgehead atoms. The van der Waals surface area contributed by atoms with Gasteiger partial charge in [0, 0.05) is 0 Å². The van der Waals surface area contributed by atoms with Crippen molar-refractivity contribution < 1.29 is 15.3 Å². The molecule has 3 atom stereocenters. The van der Waals surface area contributed by atoms with E-state index in [-0.39, 0.29) is 6.54 Å². The maximum absolute atomic E-state index is 9.42. The minimum absolute atomic E-state index is 0.285. The molecule has 5 nitrogen and oxygen atoms in total. The summed E-state index contributed by atoms with van der Waals surface area (Å²) in [5.41, 5.74) is 0.549. The Morgan fingerprint density at radius 3 is 2.92 bits per heavy atom. The Labute approximate surface area is 68.9 Å². The Morgan fingerprint density at radius 2 is 2.17 bits per heavy atom. The van der Waals surface area contributed by atoms with Crippen LogP contribution in [0.25, 0.3) is 0 Å². The van der Waals surface area contributed by atoms with Gasteiger partial charge in [-0.3, -0.25) is 0 Å². The molecule has 12 heavy (non-hydrogen) atoms. The standard InChI is InChI=1S/C7H10N2O3/c10-5-2-9-3-8-1-4(9)6(11)7(5)12/h1,3,5-7,10-12H,2H2/t5-,6-,7-/m1/s1. The van der Waals surface area contributed by atoms with Crippen LogP contribution >= 0.6 is 0 Å². The van der Waals surface area contributed by atoms with Gasteiger partial charge in [0.15, 0.2) is 0 Å². The van der Waals surface area contributed by atoms with Crippen LogP contribution in [-0.2, 0) is 6.54 Å². The van der Waals surface area contributed by atoms with E-state index in [4.69, 9.17) is 0 Å². The minimum atomic E-state index is -1.10. The number of hydrogen-bond acceptors (Lipinski definition) is 4. The molecule has 0 amide bonds. The van der Waals surface area contributed by atoms with E-state index in [9.17, 15) is 15.3 Å². The second-order valence-corrected chi connectivity index (χ2v) is 2.97. The molecular formula is C7H10N2O3. The second-order valence-electron chi connectivity index (χ2n) is 2.97. The fourth-order valence-electron chi connectivity index (χ4n) is 1.42. The lowest BCUT2D eigenvalue weighted by atomic mass is 10.0. The molecule has 0 radical (unpaired) electrons. The Balaban J connectivity index is 2.39. The van der Waals surface area contributed by atoms with Gasteiger partial charge in [0.1, 0.15) is 18.3 Å². The van der Waals surface area contributed by atoms with Crippen LogP contribution in [0.3, 0.4) is 0 Å². The first-order valence-electron chi connectivity index (χ1n) is 3.74. The largest absolute Gasteiger partial charge is 0.388 e. The molecule has 0 aliphatic carbocycles. The summed E-state index contributed by atoms with van der Waals surface area (Å²) >= 11 is 0. The summed E-state index contributed by atoms with van der Waals surface area (Å²) in [6.45, 7) is 0.285. The molecule has 2 heterocycles. The Kier molecular flexibility index (Phi) is 1.64. The van der Waals surface area contributed by atoms with E-state index in [2.05, 4.69) is 4.98 Å². The molecule has 0 aromatic carbocycles. The van der Waals surface area contributed by atoms with Crippen LogP contribution < -0.4 is 0 Å². The summed E-state index contributed by atoms with van der Waals surface area (Å²) in [7, 11) is 0. The van der Waals surface area contributed by atoms with Crippen molar-refractivity contribution in [3.63, 3.8) is 0 Å². The van der Waals surface area contributed by atoms with Crippen LogP contribution in [0, 0.1) is 0 Å². The fraction of sp³-hybridized carbons (Fsp3) is 0.571. The smallest absolute Gasteiger partial charge is 0.124 e. The number of nitrogens with zero attached hydrogens (tertiary/aromatic N) is 2. The van der Waals surface area contributed by atoms with E-state index in [0.717, 1.165) is 0 Å². The molecule has 1 aromatic rings. The maximum Gasteiger partial charge on any atom is 0.124 e. The lowest BCUT2D eigenvalue weighted by Crippen LogP contribution is -2.40. The van der Waals surface area contributed by atoms with E-state index in [1.54, 1.807) is 4.57 Å².